The monoisotopic (exact) mass is 498 g/mol. The second kappa shape index (κ2) is 9.21. The van der Waals surface area contributed by atoms with Gasteiger partial charge in [-0.15, -0.1) is 0 Å². The van der Waals surface area contributed by atoms with Crippen LogP contribution in [-0.4, -0.2) is 53.4 Å². The molecule has 11 heteroatoms. The number of rotatable bonds is 7. The number of carbonyl (C=O) groups excluding carboxylic acids is 1. The quantitative estimate of drug-likeness (QED) is 0.488. The molecule has 1 atom stereocenters. The van der Waals surface area contributed by atoms with E-state index >= 15 is 0 Å². The Balaban J connectivity index is 1.16. The van der Waals surface area contributed by atoms with Crippen LogP contribution in [0.4, 0.5) is 10.1 Å². The summed E-state index contributed by atoms with van der Waals surface area (Å²) in [6.07, 6.45) is 6.79. The summed E-state index contributed by atoms with van der Waals surface area (Å²) in [5, 5.41) is -0.327. The van der Waals surface area contributed by atoms with Crippen molar-refractivity contribution in [3.63, 3.8) is 0 Å². The molecule has 9 nitrogen and oxygen atoms in total. The fraction of sp³-hybridized carbons (Fsp3) is 0.333. The van der Waals surface area contributed by atoms with Crippen LogP contribution >= 0.6 is 0 Å². The van der Waals surface area contributed by atoms with Crippen molar-refractivity contribution in [3.8, 4) is 17.4 Å². The minimum absolute atomic E-state index is 0.0247. The van der Waals surface area contributed by atoms with Gasteiger partial charge in [0.25, 0.3) is 5.91 Å². The number of aromatic nitrogens is 3. The second-order valence-electron chi connectivity index (χ2n) is 8.69. The number of halogens is 1. The van der Waals surface area contributed by atoms with Crippen molar-refractivity contribution >= 4 is 21.4 Å². The number of benzene rings is 1. The molecule has 1 aromatic carbocycles. The maximum Gasteiger partial charge on any atom is 0.268 e. The number of hydrogen-bond donors (Lipinski definition) is 0. The average Bonchev–Trinajstić information content (AvgIpc) is 3.15. The zero-order chi connectivity index (χ0) is 24.6. The summed E-state index contributed by atoms with van der Waals surface area (Å²) in [5.41, 5.74) is 0.574. The molecule has 0 spiro atoms. The molecule has 0 radical (unpaired) electrons. The molecule has 1 saturated carbocycles. The fourth-order valence-corrected chi connectivity index (χ4v) is 5.28. The molecule has 3 heterocycles. The molecule has 2 aromatic heterocycles. The summed E-state index contributed by atoms with van der Waals surface area (Å²) in [4.78, 5) is 27.4. The predicted molar refractivity (Wildman–Crippen MR) is 125 cm³/mol. The molecule has 1 aliphatic carbocycles. The number of carbonyl (C=O) groups is 1. The van der Waals surface area contributed by atoms with E-state index in [-0.39, 0.29) is 22.9 Å². The summed E-state index contributed by atoms with van der Waals surface area (Å²) in [5.74, 6) is 1.26. The lowest BCUT2D eigenvalue weighted by Crippen LogP contribution is -2.35. The molecule has 0 N–H and O–H groups in total. The Kier molecular flexibility index (Phi) is 6.10. The van der Waals surface area contributed by atoms with Gasteiger partial charge < -0.3 is 14.4 Å². The zero-order valence-corrected chi connectivity index (χ0v) is 19.7. The lowest BCUT2D eigenvalue weighted by atomic mass is 9.84. The Morgan fingerprint density at radius 1 is 0.971 bits per heavy atom. The van der Waals surface area contributed by atoms with Crippen molar-refractivity contribution < 1.29 is 27.1 Å². The van der Waals surface area contributed by atoms with E-state index in [0.717, 1.165) is 0 Å². The molecule has 0 bridgehead atoms. The van der Waals surface area contributed by atoms with Crippen molar-refractivity contribution in [2.75, 3.05) is 17.7 Å². The predicted octanol–water partition coefficient (Wildman–Crippen LogP) is 3.28. The fourth-order valence-electron chi connectivity index (χ4n) is 4.11. The highest BCUT2D eigenvalue weighted by atomic mass is 32.2. The Hall–Kier alpha value is -3.60. The zero-order valence-electron chi connectivity index (χ0n) is 18.9. The third kappa shape index (κ3) is 5.09. The molecule has 1 amide bonds. The first-order valence-electron chi connectivity index (χ1n) is 11.1. The van der Waals surface area contributed by atoms with Crippen LogP contribution < -0.4 is 14.4 Å². The van der Waals surface area contributed by atoms with E-state index in [2.05, 4.69) is 15.0 Å². The van der Waals surface area contributed by atoms with Gasteiger partial charge in [0, 0.05) is 31.2 Å². The summed E-state index contributed by atoms with van der Waals surface area (Å²) >= 11 is 0. The summed E-state index contributed by atoms with van der Waals surface area (Å²) in [6, 6.07) is 8.86. The highest BCUT2D eigenvalue weighted by Gasteiger charge is 2.39. The molecule has 2 aliphatic rings. The van der Waals surface area contributed by atoms with Gasteiger partial charge in [0.2, 0.25) is 5.88 Å². The number of nitrogens with zero attached hydrogens (tertiary/aromatic N) is 4. The van der Waals surface area contributed by atoms with Gasteiger partial charge in [-0.3, -0.25) is 4.79 Å². The molecular formula is C24H23FN4O5S. The van der Waals surface area contributed by atoms with E-state index in [1.165, 1.54) is 36.7 Å². The number of amides is 1. The average molecular weight is 499 g/mol. The van der Waals surface area contributed by atoms with Gasteiger partial charge in [0.1, 0.15) is 33.0 Å². The van der Waals surface area contributed by atoms with Gasteiger partial charge in [0.15, 0.2) is 6.10 Å². The molecular weight excluding hydrogens is 475 g/mol. The maximum absolute atomic E-state index is 13.0. The van der Waals surface area contributed by atoms with Crippen LogP contribution in [0.3, 0.4) is 0 Å². The van der Waals surface area contributed by atoms with Crippen molar-refractivity contribution in [2.24, 2.45) is 0 Å². The van der Waals surface area contributed by atoms with Crippen LogP contribution in [0.1, 0.15) is 31.0 Å². The van der Waals surface area contributed by atoms with Gasteiger partial charge in [-0.2, -0.15) is 0 Å². The maximum atomic E-state index is 13.0. The van der Waals surface area contributed by atoms with E-state index in [1.54, 1.807) is 29.4 Å². The van der Waals surface area contributed by atoms with Gasteiger partial charge in [-0.05, 0) is 43.2 Å². The van der Waals surface area contributed by atoms with Crippen LogP contribution in [0.15, 0.2) is 55.0 Å². The van der Waals surface area contributed by atoms with Crippen LogP contribution in [-0.2, 0) is 14.6 Å². The van der Waals surface area contributed by atoms with Crippen molar-refractivity contribution in [2.45, 2.75) is 36.5 Å². The molecule has 3 aromatic rings. The van der Waals surface area contributed by atoms with Crippen molar-refractivity contribution in [1.82, 2.24) is 15.0 Å². The number of ether oxygens (including phenoxy) is 2. The third-order valence-electron chi connectivity index (χ3n) is 6.22. The highest BCUT2D eigenvalue weighted by Crippen LogP contribution is 2.39. The topological polar surface area (TPSA) is 112 Å². The number of anilines is 1. The Morgan fingerprint density at radius 3 is 2.29 bits per heavy atom. The smallest absolute Gasteiger partial charge is 0.268 e. The minimum atomic E-state index is -3.03. The highest BCUT2D eigenvalue weighted by molar-refractivity contribution is 7.91. The molecule has 1 aliphatic heterocycles. The van der Waals surface area contributed by atoms with Gasteiger partial charge >= 0.3 is 0 Å². The molecule has 5 rings (SSSR count). The van der Waals surface area contributed by atoms with E-state index in [1.807, 2.05) is 0 Å². The number of sulfone groups is 1. The lowest BCUT2D eigenvalue weighted by Gasteiger charge is -2.32. The molecule has 0 unspecified atom stereocenters. The van der Waals surface area contributed by atoms with Crippen molar-refractivity contribution in [1.29, 1.82) is 0 Å². The normalized spacial score (nSPS) is 22.1. The number of hydrogen-bond acceptors (Lipinski definition) is 8. The number of pyridine rings is 1. The van der Waals surface area contributed by atoms with Gasteiger partial charge in [0.05, 0.1) is 29.5 Å². The molecule has 1 saturated heterocycles. The Morgan fingerprint density at radius 2 is 1.66 bits per heavy atom. The standard InChI is InChI=1S/C24H23FN4O5S/c1-35(31,32)20-10-15(11-20)23-27-12-17(13-28-23)29-9-8-21(24(29)30)33-19-6-7-22(26-14-19)34-18-4-2-16(25)3-5-18/h2-7,12-15,20-21H,8-11H2,1H3/t15?,20?,21-/m1/s1. The van der Waals surface area contributed by atoms with Crippen molar-refractivity contribution in [3.05, 3.63) is 66.6 Å². The van der Waals surface area contributed by atoms with E-state index in [0.29, 0.717) is 54.7 Å². The first-order chi connectivity index (χ1) is 16.8. The molecule has 35 heavy (non-hydrogen) atoms. The van der Waals surface area contributed by atoms with E-state index < -0.39 is 15.9 Å². The van der Waals surface area contributed by atoms with Crippen LogP contribution in [0.25, 0.3) is 0 Å². The van der Waals surface area contributed by atoms with E-state index in [4.69, 9.17) is 9.47 Å². The van der Waals surface area contributed by atoms with Crippen LogP contribution in [0.2, 0.25) is 0 Å². The summed E-state index contributed by atoms with van der Waals surface area (Å²) in [7, 11) is -3.03. The van der Waals surface area contributed by atoms with Gasteiger partial charge in [-0.1, -0.05) is 0 Å². The Labute approximate surface area is 201 Å². The lowest BCUT2D eigenvalue weighted by molar-refractivity contribution is -0.122. The first-order valence-corrected chi connectivity index (χ1v) is 13.1. The third-order valence-corrected chi connectivity index (χ3v) is 7.81. The van der Waals surface area contributed by atoms with E-state index in [9.17, 15) is 17.6 Å². The minimum Gasteiger partial charge on any atom is -0.479 e. The van der Waals surface area contributed by atoms with Crippen LogP contribution in [0, 0.1) is 5.82 Å². The largest absolute Gasteiger partial charge is 0.479 e. The first kappa shape index (κ1) is 23.2. The van der Waals surface area contributed by atoms with Crippen LogP contribution in [0.5, 0.6) is 17.4 Å². The molecule has 182 valence electrons. The molecule has 2 fully saturated rings. The summed E-state index contributed by atoms with van der Waals surface area (Å²) < 4.78 is 47.6. The second-order valence-corrected chi connectivity index (χ2v) is 11.0. The Bertz CT molecular complexity index is 1310. The SMILES string of the molecule is CS(=O)(=O)C1CC(c2ncc(N3CC[C@@H](Oc4ccc(Oc5ccc(F)cc5)nc4)C3=O)cn2)C1. The van der Waals surface area contributed by atoms with Gasteiger partial charge in [-0.25, -0.2) is 27.8 Å². The summed E-state index contributed by atoms with van der Waals surface area (Å²) in [6.45, 7) is 0.463.